The van der Waals surface area contributed by atoms with Gasteiger partial charge in [0.25, 0.3) is 0 Å². The maximum Gasteiger partial charge on any atom is 0.217 e. The van der Waals surface area contributed by atoms with Crippen LogP contribution in [0, 0.1) is 0 Å². The number of nitrogens with one attached hydrogen (secondary N) is 1. The Bertz CT molecular complexity index is 1250. The van der Waals surface area contributed by atoms with Crippen molar-refractivity contribution >= 4 is 5.91 Å². The van der Waals surface area contributed by atoms with Gasteiger partial charge < -0.3 is 5.32 Å². The van der Waals surface area contributed by atoms with Gasteiger partial charge in [0.1, 0.15) is 0 Å². The van der Waals surface area contributed by atoms with Gasteiger partial charge in [0.05, 0.1) is 18.4 Å². The Kier molecular flexibility index (Phi) is 5.73. The van der Waals surface area contributed by atoms with Crippen molar-refractivity contribution in [3.05, 3.63) is 61.4 Å². The number of aromatic nitrogens is 6. The molecule has 0 spiro atoms. The van der Waals surface area contributed by atoms with E-state index in [1.54, 1.807) is 11.6 Å². The van der Waals surface area contributed by atoms with Gasteiger partial charge in [-0.3, -0.25) is 14.2 Å². The topological polar surface area (TPSA) is 90.5 Å². The van der Waals surface area contributed by atoms with Crippen LogP contribution in [-0.4, -0.2) is 41.5 Å². The van der Waals surface area contributed by atoms with E-state index in [0.717, 1.165) is 53.5 Å². The molecule has 1 saturated carbocycles. The molecule has 0 unspecified atom stereocenters. The van der Waals surface area contributed by atoms with E-state index in [1.807, 2.05) is 54.8 Å². The molecule has 1 aliphatic rings. The van der Waals surface area contributed by atoms with Crippen LogP contribution in [0.5, 0.6) is 0 Å². The van der Waals surface area contributed by atoms with Crippen molar-refractivity contribution in [2.24, 2.45) is 7.05 Å². The van der Waals surface area contributed by atoms with Crippen molar-refractivity contribution in [1.29, 1.82) is 0 Å². The normalized spacial score (nSPS) is 18.2. The average molecular weight is 442 g/mol. The van der Waals surface area contributed by atoms with E-state index in [0.29, 0.717) is 11.9 Å². The molecule has 8 nitrogen and oxygen atoms in total. The smallest absolute Gasteiger partial charge is 0.217 e. The molecular formula is C25H27N7O. The minimum Gasteiger partial charge on any atom is -0.354 e. The van der Waals surface area contributed by atoms with Crippen LogP contribution in [-0.2, 0) is 11.8 Å². The lowest BCUT2D eigenvalue weighted by Crippen LogP contribution is -2.36. The zero-order chi connectivity index (χ0) is 22.8. The Morgan fingerprint density at radius 1 is 0.879 bits per heavy atom. The lowest BCUT2D eigenvalue weighted by Gasteiger charge is -2.28. The summed E-state index contributed by atoms with van der Waals surface area (Å²) in [7, 11) is 1.91. The van der Waals surface area contributed by atoms with Crippen LogP contribution >= 0.6 is 0 Å². The highest BCUT2D eigenvalue weighted by atomic mass is 16.1. The lowest BCUT2D eigenvalue weighted by molar-refractivity contribution is -0.119. The molecule has 0 atom stereocenters. The molecule has 1 amide bonds. The van der Waals surface area contributed by atoms with E-state index in [9.17, 15) is 4.79 Å². The fourth-order valence-corrected chi connectivity index (χ4v) is 4.49. The van der Waals surface area contributed by atoms with Gasteiger partial charge in [0.15, 0.2) is 5.82 Å². The average Bonchev–Trinajstić information content (AvgIpc) is 3.49. The molecule has 3 heterocycles. The Labute approximate surface area is 192 Å². The monoisotopic (exact) mass is 441 g/mol. The van der Waals surface area contributed by atoms with Gasteiger partial charge >= 0.3 is 0 Å². The molecule has 0 aliphatic heterocycles. The van der Waals surface area contributed by atoms with Crippen LogP contribution < -0.4 is 5.32 Å². The molecule has 1 aliphatic carbocycles. The first-order valence-corrected chi connectivity index (χ1v) is 11.3. The van der Waals surface area contributed by atoms with E-state index in [2.05, 4.69) is 43.8 Å². The van der Waals surface area contributed by atoms with Crippen LogP contribution in [0.15, 0.2) is 61.4 Å². The van der Waals surface area contributed by atoms with Gasteiger partial charge in [0, 0.05) is 67.1 Å². The predicted molar refractivity (Wildman–Crippen MR) is 126 cm³/mol. The number of carbonyl (C=O) groups excluding carboxylic acids is 1. The van der Waals surface area contributed by atoms with Crippen molar-refractivity contribution in [1.82, 2.24) is 34.8 Å². The standard InChI is InChI=1S/C25H27N7O/c1-17(33)30-23-6-8-24(9-7-23)32-16-22(14-29-32)20-11-26-25(27-12-20)19-5-3-4-18(10-19)21-13-28-31(2)15-21/h3-5,10-16,23-24H,6-9H2,1-2H3,(H,30,33)/t23-,24+. The highest BCUT2D eigenvalue weighted by molar-refractivity contribution is 5.73. The van der Waals surface area contributed by atoms with E-state index in [-0.39, 0.29) is 11.9 Å². The second kappa shape index (κ2) is 8.97. The molecular weight excluding hydrogens is 414 g/mol. The first-order valence-electron chi connectivity index (χ1n) is 11.3. The maximum atomic E-state index is 11.3. The summed E-state index contributed by atoms with van der Waals surface area (Å²) in [5, 5.41) is 11.9. The van der Waals surface area contributed by atoms with Crippen molar-refractivity contribution < 1.29 is 4.79 Å². The molecule has 1 aromatic carbocycles. The molecule has 3 aromatic heterocycles. The van der Waals surface area contributed by atoms with E-state index >= 15 is 0 Å². The van der Waals surface area contributed by atoms with Crippen LogP contribution in [0.25, 0.3) is 33.6 Å². The number of hydrogen-bond acceptors (Lipinski definition) is 5. The van der Waals surface area contributed by atoms with Crippen LogP contribution in [0.3, 0.4) is 0 Å². The minimum absolute atomic E-state index is 0.0482. The second-order valence-electron chi connectivity index (χ2n) is 8.69. The lowest BCUT2D eigenvalue weighted by atomic mass is 9.91. The first kappa shape index (κ1) is 21.1. The Morgan fingerprint density at radius 3 is 2.27 bits per heavy atom. The molecule has 0 radical (unpaired) electrons. The van der Waals surface area contributed by atoms with E-state index < -0.39 is 0 Å². The Hall–Kier alpha value is -3.81. The fraction of sp³-hybridized carbons (Fsp3) is 0.320. The molecule has 33 heavy (non-hydrogen) atoms. The third-order valence-electron chi connectivity index (χ3n) is 6.22. The van der Waals surface area contributed by atoms with Gasteiger partial charge in [-0.2, -0.15) is 10.2 Å². The number of benzene rings is 1. The maximum absolute atomic E-state index is 11.3. The molecule has 0 bridgehead atoms. The van der Waals surface area contributed by atoms with Gasteiger partial charge in [0.2, 0.25) is 5.91 Å². The minimum atomic E-state index is 0.0482. The van der Waals surface area contributed by atoms with Crippen LogP contribution in [0.1, 0.15) is 38.6 Å². The highest BCUT2D eigenvalue weighted by Crippen LogP contribution is 2.30. The van der Waals surface area contributed by atoms with Crippen molar-refractivity contribution in [3.8, 4) is 33.6 Å². The van der Waals surface area contributed by atoms with Crippen LogP contribution in [0.2, 0.25) is 0 Å². The number of carbonyl (C=O) groups is 1. The van der Waals surface area contributed by atoms with Crippen molar-refractivity contribution in [2.45, 2.75) is 44.7 Å². The number of amides is 1. The van der Waals surface area contributed by atoms with Crippen molar-refractivity contribution in [2.75, 3.05) is 0 Å². The Morgan fingerprint density at radius 2 is 1.58 bits per heavy atom. The van der Waals surface area contributed by atoms with E-state index in [4.69, 9.17) is 0 Å². The summed E-state index contributed by atoms with van der Waals surface area (Å²) in [4.78, 5) is 20.5. The van der Waals surface area contributed by atoms with E-state index in [1.165, 1.54) is 0 Å². The third-order valence-corrected chi connectivity index (χ3v) is 6.22. The summed E-state index contributed by atoms with van der Waals surface area (Å²) in [6.07, 6.45) is 15.5. The van der Waals surface area contributed by atoms with Gasteiger partial charge in [-0.1, -0.05) is 18.2 Å². The quantitative estimate of drug-likeness (QED) is 0.505. The van der Waals surface area contributed by atoms with Gasteiger partial charge in [-0.25, -0.2) is 9.97 Å². The SMILES string of the molecule is CC(=O)N[C@H]1CC[C@@H](n2cc(-c3cnc(-c4cccc(-c5cnn(C)c5)c4)nc3)cn2)CC1. The Balaban J connectivity index is 1.28. The second-order valence-corrected chi connectivity index (χ2v) is 8.69. The zero-order valence-electron chi connectivity index (χ0n) is 18.8. The number of aryl methyl sites for hydroxylation is 1. The number of hydrogen-bond donors (Lipinski definition) is 1. The molecule has 1 N–H and O–H groups in total. The summed E-state index contributed by atoms with van der Waals surface area (Å²) in [5.74, 6) is 0.736. The first-order chi connectivity index (χ1) is 16.0. The summed E-state index contributed by atoms with van der Waals surface area (Å²) in [5.41, 5.74) is 5.07. The molecule has 8 heteroatoms. The van der Waals surface area contributed by atoms with Gasteiger partial charge in [-0.05, 0) is 37.3 Å². The predicted octanol–water partition coefficient (Wildman–Crippen LogP) is 4.03. The third kappa shape index (κ3) is 4.69. The largest absolute Gasteiger partial charge is 0.354 e. The molecule has 4 aromatic rings. The number of nitrogens with zero attached hydrogens (tertiary/aromatic N) is 6. The number of rotatable bonds is 5. The van der Waals surface area contributed by atoms with Crippen LogP contribution in [0.4, 0.5) is 0 Å². The zero-order valence-corrected chi connectivity index (χ0v) is 18.8. The van der Waals surface area contributed by atoms with Gasteiger partial charge in [-0.15, -0.1) is 0 Å². The molecule has 168 valence electrons. The van der Waals surface area contributed by atoms with Crippen molar-refractivity contribution in [3.63, 3.8) is 0 Å². The molecule has 5 rings (SSSR count). The summed E-state index contributed by atoms with van der Waals surface area (Å²) < 4.78 is 3.84. The summed E-state index contributed by atoms with van der Waals surface area (Å²) in [6.45, 7) is 1.58. The summed E-state index contributed by atoms with van der Waals surface area (Å²) >= 11 is 0. The fourth-order valence-electron chi connectivity index (χ4n) is 4.49. The highest BCUT2D eigenvalue weighted by Gasteiger charge is 2.23. The summed E-state index contributed by atoms with van der Waals surface area (Å²) in [6, 6.07) is 8.82. The molecule has 1 fully saturated rings. The molecule has 0 saturated heterocycles.